The number of anilines is 1. The van der Waals surface area contributed by atoms with Gasteiger partial charge in [-0.05, 0) is 102 Å². The van der Waals surface area contributed by atoms with Gasteiger partial charge in [0.05, 0.1) is 12.1 Å². The molecular weight excluding hydrogens is 853 g/mol. The fourth-order valence-electron chi connectivity index (χ4n) is 11.1. The number of aromatic nitrogens is 1. The quantitative estimate of drug-likeness (QED) is 0.105. The predicted molar refractivity (Wildman–Crippen MR) is 252 cm³/mol. The number of primary amides is 2. The number of carbonyl (C=O) groups excluding carboxylic acids is 4. The summed E-state index contributed by atoms with van der Waals surface area (Å²) in [5.74, 6) is -3.02. The van der Waals surface area contributed by atoms with E-state index in [9.17, 15) is 39.0 Å². The molecule has 0 saturated carbocycles. The molecule has 3 aromatic carbocycles. The fraction of sp³-hybridized carbons (Fsp3) is 0.431. The first kappa shape index (κ1) is 48.0. The highest BCUT2D eigenvalue weighted by molar-refractivity contribution is 5.96. The topological polar surface area (TPSA) is 224 Å². The van der Waals surface area contributed by atoms with Crippen molar-refractivity contribution in [3.8, 4) is 11.1 Å². The lowest BCUT2D eigenvalue weighted by Gasteiger charge is -2.41. The van der Waals surface area contributed by atoms with E-state index in [1.807, 2.05) is 66.9 Å². The molecule has 0 aliphatic carbocycles. The molecule has 0 radical (unpaired) electrons. The Balaban J connectivity index is 1.24. The van der Waals surface area contributed by atoms with Crippen molar-refractivity contribution in [2.24, 2.45) is 23.3 Å². The molecule has 3 saturated heterocycles. The summed E-state index contributed by atoms with van der Waals surface area (Å²) in [5.41, 5.74) is 15.5. The number of hydrogen-bond donors (Lipinski definition) is 4. The maximum absolute atomic E-state index is 14.2. The van der Waals surface area contributed by atoms with Crippen LogP contribution in [-0.4, -0.2) is 110 Å². The second-order valence-electron chi connectivity index (χ2n) is 18.8. The number of nitrogens with two attached hydrogens (primary N) is 2. The van der Waals surface area contributed by atoms with Gasteiger partial charge in [-0.1, -0.05) is 94.4 Å². The van der Waals surface area contributed by atoms with Gasteiger partial charge in [0.25, 0.3) is 0 Å². The lowest BCUT2D eigenvalue weighted by atomic mass is 9.84. The molecule has 6 atom stereocenters. The number of likely N-dealkylation sites (tertiary alicyclic amines) is 2. The number of carboxylic acid groups (broad SMARTS) is 2. The summed E-state index contributed by atoms with van der Waals surface area (Å²) in [6, 6.07) is 25.2. The van der Waals surface area contributed by atoms with Crippen molar-refractivity contribution in [1.29, 1.82) is 0 Å². The summed E-state index contributed by atoms with van der Waals surface area (Å²) >= 11 is 0. The number of nitrogens with zero attached hydrogens (tertiary/aromatic N) is 6. The van der Waals surface area contributed by atoms with Crippen LogP contribution in [0.15, 0.2) is 97.3 Å². The molecule has 4 aromatic rings. The maximum Gasteiger partial charge on any atom is 0.407 e. The third kappa shape index (κ3) is 8.53. The Kier molecular flexibility index (Phi) is 13.7. The van der Waals surface area contributed by atoms with Gasteiger partial charge >= 0.3 is 12.2 Å². The van der Waals surface area contributed by atoms with Gasteiger partial charge in [-0.25, -0.2) is 9.59 Å². The average molecular weight is 915 g/mol. The van der Waals surface area contributed by atoms with Gasteiger partial charge in [0, 0.05) is 45.3 Å². The summed E-state index contributed by atoms with van der Waals surface area (Å²) < 4.78 is 0. The standard InChI is InChI=1S/C51H62N8O8/c1-31(2)42(55(5)48(64)65)44(60)57-28-8-25-50(57,46(52)62)37-17-11-34(12-18-37)40-23-24-41(59(40)39-21-15-33(16-22-39)36-10-7-27-54-30-36)35-13-19-38(20-14-35)51(47(53)63)26-9-29-58(51)45(61)43(32(3)4)56(6)49(66)67/h7,10-22,27,30-32,40-43H,8-9,23-26,28-29H2,1-6H3,(H2,52,62)(H2,53,63)(H,64,65)(H,66,67)/t40-,41-,42+,43+,50+,51+/m1/s1. The SMILES string of the molecule is CC(C)[C@@H](C(=O)N1CCC[C@@]1(C(N)=O)c1ccc([C@H]2CC[C@H](c3ccc([C@]4(C(N)=O)CCCN4C(=O)[C@H](C(C)C)N(C)C(=O)O)cc3)N2c2ccc(-c3cccnc3)cc2)cc1)N(C)C(=O)O. The minimum Gasteiger partial charge on any atom is -0.465 e. The van der Waals surface area contributed by atoms with Crippen molar-refractivity contribution in [3.63, 3.8) is 0 Å². The van der Waals surface area contributed by atoms with Crippen LogP contribution in [0.1, 0.15) is 101 Å². The molecule has 67 heavy (non-hydrogen) atoms. The van der Waals surface area contributed by atoms with Crippen LogP contribution < -0.4 is 16.4 Å². The molecular formula is C51H62N8O8. The number of likely N-dealkylation sites (N-methyl/N-ethyl adjacent to an activating group) is 2. The maximum atomic E-state index is 14.2. The van der Waals surface area contributed by atoms with Crippen LogP contribution in [0.4, 0.5) is 15.3 Å². The van der Waals surface area contributed by atoms with Crippen molar-refractivity contribution in [2.45, 2.75) is 101 Å². The van der Waals surface area contributed by atoms with E-state index in [1.165, 1.54) is 23.9 Å². The van der Waals surface area contributed by atoms with E-state index < -0.39 is 59.0 Å². The summed E-state index contributed by atoms with van der Waals surface area (Å²) in [5, 5.41) is 19.7. The lowest BCUT2D eigenvalue weighted by Crippen LogP contribution is -2.59. The van der Waals surface area contributed by atoms with Crippen molar-refractivity contribution in [1.82, 2.24) is 24.6 Å². The Hall–Kier alpha value is -6.97. The molecule has 0 spiro atoms. The van der Waals surface area contributed by atoms with E-state index >= 15 is 0 Å². The summed E-state index contributed by atoms with van der Waals surface area (Å²) in [7, 11) is 2.72. The Labute approximate surface area is 391 Å². The third-order valence-corrected chi connectivity index (χ3v) is 14.4. The first-order valence-corrected chi connectivity index (χ1v) is 23.0. The molecule has 6 N–H and O–H groups in total. The summed E-state index contributed by atoms with van der Waals surface area (Å²) in [6.07, 6.45) is 4.18. The monoisotopic (exact) mass is 914 g/mol. The van der Waals surface area contributed by atoms with Crippen molar-refractivity contribution in [3.05, 3.63) is 120 Å². The van der Waals surface area contributed by atoms with Gasteiger partial charge in [-0.15, -0.1) is 0 Å². The fourth-order valence-corrected chi connectivity index (χ4v) is 11.1. The number of amides is 6. The zero-order valence-electron chi connectivity index (χ0n) is 39.0. The molecule has 6 amide bonds. The molecule has 0 bridgehead atoms. The number of pyridine rings is 1. The van der Waals surface area contributed by atoms with Crippen LogP contribution >= 0.6 is 0 Å². The van der Waals surface area contributed by atoms with Crippen LogP contribution in [-0.2, 0) is 30.3 Å². The highest BCUT2D eigenvalue weighted by Crippen LogP contribution is 2.49. The van der Waals surface area contributed by atoms with Crippen LogP contribution in [0.2, 0.25) is 0 Å². The second-order valence-corrected chi connectivity index (χ2v) is 18.8. The van der Waals surface area contributed by atoms with E-state index in [0.29, 0.717) is 36.8 Å². The van der Waals surface area contributed by atoms with Gasteiger partial charge in [0.15, 0.2) is 0 Å². The van der Waals surface area contributed by atoms with E-state index in [0.717, 1.165) is 50.6 Å². The molecule has 3 aliphatic heterocycles. The van der Waals surface area contributed by atoms with Crippen LogP contribution in [0.5, 0.6) is 0 Å². The van der Waals surface area contributed by atoms with E-state index in [1.54, 1.807) is 33.9 Å². The van der Waals surface area contributed by atoms with E-state index in [-0.39, 0.29) is 37.0 Å². The minimum absolute atomic E-state index is 0.137. The van der Waals surface area contributed by atoms with Crippen molar-refractivity contribution >= 4 is 41.5 Å². The summed E-state index contributed by atoms with van der Waals surface area (Å²) in [4.78, 5) is 91.3. The number of benzene rings is 3. The van der Waals surface area contributed by atoms with Crippen LogP contribution in [0.25, 0.3) is 11.1 Å². The van der Waals surface area contributed by atoms with Gasteiger partial charge in [0.2, 0.25) is 23.6 Å². The van der Waals surface area contributed by atoms with E-state index in [4.69, 9.17) is 11.5 Å². The third-order valence-electron chi connectivity index (χ3n) is 14.4. The first-order chi connectivity index (χ1) is 31.9. The van der Waals surface area contributed by atoms with Crippen LogP contribution in [0.3, 0.4) is 0 Å². The predicted octanol–water partition coefficient (Wildman–Crippen LogP) is 6.71. The smallest absolute Gasteiger partial charge is 0.407 e. The Bertz CT molecular complexity index is 2350. The van der Waals surface area contributed by atoms with Gasteiger partial charge in [-0.3, -0.25) is 34.0 Å². The minimum atomic E-state index is -1.46. The molecule has 4 heterocycles. The Morgan fingerprint density at radius 3 is 1.39 bits per heavy atom. The highest BCUT2D eigenvalue weighted by Gasteiger charge is 2.54. The first-order valence-electron chi connectivity index (χ1n) is 23.0. The normalized spacial score (nSPS) is 22.5. The largest absolute Gasteiger partial charge is 0.465 e. The molecule has 354 valence electrons. The summed E-state index contributed by atoms with van der Waals surface area (Å²) in [6.45, 7) is 7.60. The molecule has 3 fully saturated rings. The Morgan fingerprint density at radius 1 is 0.627 bits per heavy atom. The van der Waals surface area contributed by atoms with Crippen molar-refractivity contribution in [2.75, 3.05) is 32.1 Å². The Morgan fingerprint density at radius 2 is 1.04 bits per heavy atom. The van der Waals surface area contributed by atoms with Gasteiger partial charge < -0.3 is 36.4 Å². The molecule has 7 rings (SSSR count). The van der Waals surface area contributed by atoms with Gasteiger partial charge in [-0.2, -0.15) is 0 Å². The average Bonchev–Trinajstić information content (AvgIpc) is 4.08. The molecule has 16 heteroatoms. The number of rotatable bonds is 14. The number of hydrogen-bond acceptors (Lipinski definition) is 8. The number of carbonyl (C=O) groups is 6. The second kappa shape index (κ2) is 19.1. The molecule has 16 nitrogen and oxygen atoms in total. The zero-order valence-corrected chi connectivity index (χ0v) is 39.0. The lowest BCUT2D eigenvalue weighted by molar-refractivity contribution is -0.148. The van der Waals surface area contributed by atoms with Crippen molar-refractivity contribution < 1.29 is 39.0 Å². The van der Waals surface area contributed by atoms with E-state index in [2.05, 4.69) is 34.1 Å². The molecule has 3 aliphatic rings. The van der Waals surface area contributed by atoms with Crippen LogP contribution in [0, 0.1) is 11.8 Å². The van der Waals surface area contributed by atoms with Gasteiger partial charge in [0.1, 0.15) is 23.2 Å². The molecule has 0 unspecified atom stereocenters. The highest BCUT2D eigenvalue weighted by atomic mass is 16.4. The zero-order chi connectivity index (χ0) is 48.5. The molecule has 1 aromatic heterocycles.